The molecule has 1 aliphatic heterocycles. The summed E-state index contributed by atoms with van der Waals surface area (Å²) in [5.74, 6) is 3.02. The summed E-state index contributed by atoms with van der Waals surface area (Å²) in [5.41, 5.74) is 2.03. The van der Waals surface area contributed by atoms with Gasteiger partial charge >= 0.3 is 0 Å². The highest BCUT2D eigenvalue weighted by molar-refractivity contribution is 9.10. The number of aromatic nitrogens is 2. The van der Waals surface area contributed by atoms with E-state index in [9.17, 15) is 0 Å². The maximum atomic E-state index is 5.40. The Morgan fingerprint density at radius 1 is 0.960 bits per heavy atom. The Bertz CT molecular complexity index is 904. The Hall–Kier alpha value is -2.80. The number of hydrogen-bond acceptors (Lipinski definition) is 6. The van der Waals surface area contributed by atoms with Crippen molar-refractivity contribution in [3.8, 4) is 11.5 Å². The van der Waals surface area contributed by atoms with E-state index in [0.717, 1.165) is 38.9 Å². The normalized spacial score (nSPS) is 12.0. The number of ether oxygens (including phenoxy) is 2. The molecule has 0 fully saturated rings. The number of nitrogens with one attached hydrogen (secondary N) is 2. The molecule has 0 unspecified atom stereocenters. The third kappa shape index (κ3) is 3.66. The zero-order valence-electron chi connectivity index (χ0n) is 13.2. The number of anilines is 3. The first-order valence-corrected chi connectivity index (χ1v) is 8.53. The van der Waals surface area contributed by atoms with E-state index < -0.39 is 0 Å². The molecule has 1 aromatic heterocycles. The third-order valence-corrected chi connectivity index (χ3v) is 4.41. The van der Waals surface area contributed by atoms with Crippen LogP contribution >= 0.6 is 15.9 Å². The van der Waals surface area contributed by atoms with Gasteiger partial charge in [-0.2, -0.15) is 0 Å². The summed E-state index contributed by atoms with van der Waals surface area (Å²) < 4.78 is 11.7. The largest absolute Gasteiger partial charge is 0.454 e. The van der Waals surface area contributed by atoms with Crippen molar-refractivity contribution >= 4 is 33.3 Å². The van der Waals surface area contributed by atoms with E-state index in [-0.39, 0.29) is 6.79 Å². The van der Waals surface area contributed by atoms with Gasteiger partial charge in [0.25, 0.3) is 0 Å². The molecule has 6 nitrogen and oxygen atoms in total. The molecule has 2 heterocycles. The standard InChI is InChI=1S/C18H15BrN4O2/c19-13-3-1-2-4-14(13)23-18-8-17(21-10-22-18)20-9-12-5-6-15-16(7-12)25-11-24-15/h1-8,10H,9,11H2,(H2,20,21,22,23). The highest BCUT2D eigenvalue weighted by Gasteiger charge is 2.13. The Balaban J connectivity index is 1.44. The molecule has 0 atom stereocenters. The van der Waals surface area contributed by atoms with E-state index in [2.05, 4.69) is 36.5 Å². The number of hydrogen-bond donors (Lipinski definition) is 2. The van der Waals surface area contributed by atoms with Gasteiger partial charge in [0.15, 0.2) is 11.5 Å². The molecule has 3 aromatic rings. The van der Waals surface area contributed by atoms with Crippen LogP contribution in [0.25, 0.3) is 0 Å². The first-order valence-electron chi connectivity index (χ1n) is 7.74. The lowest BCUT2D eigenvalue weighted by atomic mass is 10.2. The summed E-state index contributed by atoms with van der Waals surface area (Å²) in [6.07, 6.45) is 1.53. The molecule has 4 rings (SSSR count). The van der Waals surface area contributed by atoms with Crippen LogP contribution in [0.5, 0.6) is 11.5 Å². The quantitative estimate of drug-likeness (QED) is 0.666. The highest BCUT2D eigenvalue weighted by atomic mass is 79.9. The smallest absolute Gasteiger partial charge is 0.231 e. The molecular formula is C18H15BrN4O2. The molecule has 2 N–H and O–H groups in total. The number of rotatable bonds is 5. The van der Waals surface area contributed by atoms with Crippen LogP contribution in [-0.4, -0.2) is 16.8 Å². The Morgan fingerprint density at radius 2 is 1.80 bits per heavy atom. The molecule has 25 heavy (non-hydrogen) atoms. The van der Waals surface area contributed by atoms with Gasteiger partial charge in [0.2, 0.25) is 6.79 Å². The molecule has 0 aliphatic carbocycles. The van der Waals surface area contributed by atoms with Crippen LogP contribution in [0.1, 0.15) is 5.56 Å². The van der Waals surface area contributed by atoms with Crippen LogP contribution in [-0.2, 0) is 6.54 Å². The van der Waals surface area contributed by atoms with Crippen molar-refractivity contribution in [3.63, 3.8) is 0 Å². The van der Waals surface area contributed by atoms with Crippen molar-refractivity contribution in [2.45, 2.75) is 6.54 Å². The SMILES string of the molecule is Brc1ccccc1Nc1cc(NCc2ccc3c(c2)OCO3)ncn1. The lowest BCUT2D eigenvalue weighted by Crippen LogP contribution is -2.03. The predicted molar refractivity (Wildman–Crippen MR) is 99.3 cm³/mol. The molecule has 0 amide bonds. The Morgan fingerprint density at radius 3 is 2.72 bits per heavy atom. The van der Waals surface area contributed by atoms with E-state index in [0.29, 0.717) is 6.54 Å². The molecular weight excluding hydrogens is 384 g/mol. The molecule has 7 heteroatoms. The number of para-hydroxylation sites is 1. The minimum Gasteiger partial charge on any atom is -0.454 e. The number of nitrogens with zero attached hydrogens (tertiary/aromatic N) is 2. The van der Waals surface area contributed by atoms with Gasteiger partial charge in [0.1, 0.15) is 18.0 Å². The zero-order chi connectivity index (χ0) is 17.1. The van der Waals surface area contributed by atoms with Crippen LogP contribution in [0.4, 0.5) is 17.3 Å². The summed E-state index contributed by atoms with van der Waals surface area (Å²) in [6.45, 7) is 0.907. The average molecular weight is 399 g/mol. The van der Waals surface area contributed by atoms with Crippen molar-refractivity contribution < 1.29 is 9.47 Å². The van der Waals surface area contributed by atoms with Gasteiger partial charge in [0, 0.05) is 17.1 Å². The van der Waals surface area contributed by atoms with Crippen LogP contribution < -0.4 is 20.1 Å². The first-order chi connectivity index (χ1) is 12.3. The van der Waals surface area contributed by atoms with Crippen molar-refractivity contribution in [2.24, 2.45) is 0 Å². The second kappa shape index (κ2) is 6.98. The fraction of sp³-hybridized carbons (Fsp3) is 0.111. The Kier molecular flexibility index (Phi) is 4.39. The molecule has 1 aliphatic rings. The maximum Gasteiger partial charge on any atom is 0.231 e. The minimum absolute atomic E-state index is 0.280. The van der Waals surface area contributed by atoms with E-state index >= 15 is 0 Å². The fourth-order valence-corrected chi connectivity index (χ4v) is 2.85. The summed E-state index contributed by atoms with van der Waals surface area (Å²) in [6, 6.07) is 15.6. The van der Waals surface area contributed by atoms with Crippen LogP contribution in [0.3, 0.4) is 0 Å². The lowest BCUT2D eigenvalue weighted by molar-refractivity contribution is 0.174. The van der Waals surface area contributed by atoms with Gasteiger partial charge in [-0.25, -0.2) is 9.97 Å². The summed E-state index contributed by atoms with van der Waals surface area (Å²) >= 11 is 3.51. The summed E-state index contributed by atoms with van der Waals surface area (Å²) in [7, 11) is 0. The predicted octanol–water partition coefficient (Wildman–Crippen LogP) is 4.32. The van der Waals surface area contributed by atoms with E-state index in [1.165, 1.54) is 6.33 Å². The van der Waals surface area contributed by atoms with Crippen molar-refractivity contribution in [2.75, 3.05) is 17.4 Å². The molecule has 2 aromatic carbocycles. The van der Waals surface area contributed by atoms with E-state index in [1.807, 2.05) is 48.5 Å². The molecule has 126 valence electrons. The second-order valence-electron chi connectivity index (χ2n) is 5.43. The maximum absolute atomic E-state index is 5.40. The zero-order valence-corrected chi connectivity index (χ0v) is 14.8. The monoisotopic (exact) mass is 398 g/mol. The van der Waals surface area contributed by atoms with Gasteiger partial charge in [-0.15, -0.1) is 0 Å². The summed E-state index contributed by atoms with van der Waals surface area (Å²) in [4.78, 5) is 8.52. The van der Waals surface area contributed by atoms with E-state index in [4.69, 9.17) is 9.47 Å². The van der Waals surface area contributed by atoms with Gasteiger partial charge in [-0.1, -0.05) is 18.2 Å². The third-order valence-electron chi connectivity index (χ3n) is 3.71. The minimum atomic E-state index is 0.280. The number of fused-ring (bicyclic) bond motifs is 1. The second-order valence-corrected chi connectivity index (χ2v) is 6.29. The Labute approximate surface area is 153 Å². The number of benzene rings is 2. The van der Waals surface area contributed by atoms with Crippen LogP contribution in [0, 0.1) is 0 Å². The first kappa shape index (κ1) is 15.7. The van der Waals surface area contributed by atoms with Gasteiger partial charge in [-0.05, 0) is 45.8 Å². The lowest BCUT2D eigenvalue weighted by Gasteiger charge is -2.10. The fourth-order valence-electron chi connectivity index (χ4n) is 2.47. The molecule has 0 saturated carbocycles. The molecule has 0 spiro atoms. The van der Waals surface area contributed by atoms with Gasteiger partial charge < -0.3 is 20.1 Å². The molecule has 0 radical (unpaired) electrons. The van der Waals surface area contributed by atoms with Gasteiger partial charge in [-0.3, -0.25) is 0 Å². The topological polar surface area (TPSA) is 68.3 Å². The van der Waals surface area contributed by atoms with Gasteiger partial charge in [0.05, 0.1) is 5.69 Å². The molecule has 0 saturated heterocycles. The summed E-state index contributed by atoms with van der Waals surface area (Å²) in [5, 5.41) is 6.56. The van der Waals surface area contributed by atoms with Crippen molar-refractivity contribution in [1.82, 2.24) is 9.97 Å². The average Bonchev–Trinajstić information content (AvgIpc) is 3.10. The van der Waals surface area contributed by atoms with Crippen LogP contribution in [0.15, 0.2) is 59.3 Å². The van der Waals surface area contributed by atoms with E-state index in [1.54, 1.807) is 0 Å². The van der Waals surface area contributed by atoms with Crippen molar-refractivity contribution in [3.05, 3.63) is 64.9 Å². The highest BCUT2D eigenvalue weighted by Crippen LogP contribution is 2.32. The molecule has 0 bridgehead atoms. The number of halogens is 1. The van der Waals surface area contributed by atoms with Crippen LogP contribution in [0.2, 0.25) is 0 Å². The van der Waals surface area contributed by atoms with Crippen molar-refractivity contribution in [1.29, 1.82) is 0 Å².